The van der Waals surface area contributed by atoms with Crippen molar-refractivity contribution in [3.8, 4) is 0 Å². The lowest BCUT2D eigenvalue weighted by molar-refractivity contribution is -0.384. The number of non-ortho nitro benzene ring substituents is 1. The molecular formula is C16H12F2N2O5. The van der Waals surface area contributed by atoms with Gasteiger partial charge in [-0.3, -0.25) is 14.9 Å². The summed E-state index contributed by atoms with van der Waals surface area (Å²) in [5.41, 5.74) is -0.609. The van der Waals surface area contributed by atoms with E-state index in [1.807, 2.05) is 0 Å². The Morgan fingerprint density at radius 1 is 1.20 bits per heavy atom. The lowest BCUT2D eigenvalue weighted by atomic mass is 10.2. The highest BCUT2D eigenvalue weighted by molar-refractivity contribution is 5.97. The number of carbonyl (C=O) groups is 2. The molecule has 0 spiro atoms. The summed E-state index contributed by atoms with van der Waals surface area (Å²) < 4.78 is 31.2. The first kappa shape index (κ1) is 18.0. The van der Waals surface area contributed by atoms with Crippen molar-refractivity contribution < 1.29 is 28.0 Å². The summed E-state index contributed by atoms with van der Waals surface area (Å²) in [6.07, 6.45) is -1.31. The summed E-state index contributed by atoms with van der Waals surface area (Å²) in [7, 11) is 0. The van der Waals surface area contributed by atoms with Crippen LogP contribution in [0, 0.1) is 21.7 Å². The maximum atomic E-state index is 13.5. The van der Waals surface area contributed by atoms with E-state index >= 15 is 0 Å². The normalized spacial score (nSPS) is 11.5. The Hall–Kier alpha value is -3.36. The summed E-state index contributed by atoms with van der Waals surface area (Å²) in [6, 6.07) is 7.47. The number of hydrogen-bond donors (Lipinski definition) is 1. The number of esters is 1. The van der Waals surface area contributed by atoms with E-state index in [-0.39, 0.29) is 11.4 Å². The predicted molar refractivity (Wildman–Crippen MR) is 83.0 cm³/mol. The van der Waals surface area contributed by atoms with Crippen molar-refractivity contribution >= 4 is 23.3 Å². The Bertz CT molecular complexity index is 841. The van der Waals surface area contributed by atoms with Crippen molar-refractivity contribution in [2.45, 2.75) is 13.0 Å². The predicted octanol–water partition coefficient (Wildman–Crippen LogP) is 3.06. The quantitative estimate of drug-likeness (QED) is 0.508. The van der Waals surface area contributed by atoms with Gasteiger partial charge in [0.15, 0.2) is 6.10 Å². The molecule has 25 heavy (non-hydrogen) atoms. The number of halogens is 2. The second-order valence-electron chi connectivity index (χ2n) is 4.97. The number of nitro benzene ring substituents is 1. The minimum Gasteiger partial charge on any atom is -0.449 e. The van der Waals surface area contributed by atoms with Gasteiger partial charge in [-0.2, -0.15) is 0 Å². The van der Waals surface area contributed by atoms with Crippen LogP contribution in [0.5, 0.6) is 0 Å². The lowest BCUT2D eigenvalue weighted by Gasteiger charge is -2.13. The summed E-state index contributed by atoms with van der Waals surface area (Å²) in [4.78, 5) is 33.9. The minimum absolute atomic E-state index is 0.134. The number of hydrogen-bond acceptors (Lipinski definition) is 5. The molecule has 1 atom stereocenters. The molecule has 0 saturated heterocycles. The summed E-state index contributed by atoms with van der Waals surface area (Å²) >= 11 is 0. The zero-order chi connectivity index (χ0) is 18.6. The summed E-state index contributed by atoms with van der Waals surface area (Å²) in [5, 5.41) is 13.0. The van der Waals surface area contributed by atoms with Crippen LogP contribution in [0.3, 0.4) is 0 Å². The first-order chi connectivity index (χ1) is 11.8. The second-order valence-corrected chi connectivity index (χ2v) is 4.97. The van der Waals surface area contributed by atoms with Crippen LogP contribution < -0.4 is 5.32 Å². The fourth-order valence-electron chi connectivity index (χ4n) is 1.87. The molecule has 2 aromatic carbocycles. The van der Waals surface area contributed by atoms with Crippen LogP contribution in [0.4, 0.5) is 20.2 Å². The number of rotatable bonds is 5. The summed E-state index contributed by atoms with van der Waals surface area (Å²) in [5.74, 6) is -3.88. The molecule has 2 rings (SSSR count). The number of nitro groups is 1. The molecule has 0 aliphatic heterocycles. The standard InChI is InChI=1S/C16H12F2N2O5/c1-9(25-16(22)13-6-5-10(17)7-14(13)18)15(21)19-11-3-2-4-12(8-11)20(23)24/h2-9H,1H3,(H,19,21)/t9-/m1/s1. The van der Waals surface area contributed by atoms with E-state index < -0.39 is 40.1 Å². The van der Waals surface area contributed by atoms with Crippen LogP contribution in [0.1, 0.15) is 17.3 Å². The third kappa shape index (κ3) is 4.56. The number of amides is 1. The number of carbonyl (C=O) groups excluding carboxylic acids is 2. The molecule has 9 heteroatoms. The highest BCUT2D eigenvalue weighted by Crippen LogP contribution is 2.18. The SMILES string of the molecule is C[C@@H](OC(=O)c1ccc(F)cc1F)C(=O)Nc1cccc([N+](=O)[O-])c1. The molecule has 1 amide bonds. The van der Waals surface area contributed by atoms with Crippen LogP contribution >= 0.6 is 0 Å². The van der Waals surface area contributed by atoms with Crippen LogP contribution in [0.15, 0.2) is 42.5 Å². The first-order valence-electron chi connectivity index (χ1n) is 6.99. The highest BCUT2D eigenvalue weighted by Gasteiger charge is 2.22. The molecule has 2 aromatic rings. The molecule has 130 valence electrons. The number of nitrogens with one attached hydrogen (secondary N) is 1. The second kappa shape index (κ2) is 7.47. The molecule has 0 fully saturated rings. The molecule has 0 bridgehead atoms. The number of anilines is 1. The molecule has 7 nitrogen and oxygen atoms in total. The monoisotopic (exact) mass is 350 g/mol. The highest BCUT2D eigenvalue weighted by atomic mass is 19.1. The third-order valence-corrected chi connectivity index (χ3v) is 3.13. The van der Waals surface area contributed by atoms with Crippen LogP contribution in [0.2, 0.25) is 0 Å². The minimum atomic E-state index is -1.31. The van der Waals surface area contributed by atoms with E-state index in [9.17, 15) is 28.5 Å². The Balaban J connectivity index is 2.03. The number of benzene rings is 2. The van der Waals surface area contributed by atoms with Crippen molar-refractivity contribution in [2.75, 3.05) is 5.32 Å². The molecular weight excluding hydrogens is 338 g/mol. The van der Waals surface area contributed by atoms with Gasteiger partial charge in [-0.15, -0.1) is 0 Å². The van der Waals surface area contributed by atoms with Gasteiger partial charge in [-0.1, -0.05) is 6.07 Å². The Morgan fingerprint density at radius 2 is 1.92 bits per heavy atom. The molecule has 1 N–H and O–H groups in total. The van der Waals surface area contributed by atoms with Gasteiger partial charge >= 0.3 is 5.97 Å². The molecule has 0 unspecified atom stereocenters. The third-order valence-electron chi connectivity index (χ3n) is 3.13. The Labute approximate surface area is 140 Å². The summed E-state index contributed by atoms with van der Waals surface area (Å²) in [6.45, 7) is 1.24. The van der Waals surface area contributed by atoms with Crippen LogP contribution in [0.25, 0.3) is 0 Å². The molecule has 0 saturated carbocycles. The zero-order valence-electron chi connectivity index (χ0n) is 12.9. The fraction of sp³-hybridized carbons (Fsp3) is 0.125. The van der Waals surface area contributed by atoms with Gasteiger partial charge < -0.3 is 10.1 Å². The van der Waals surface area contributed by atoms with E-state index in [0.717, 1.165) is 18.2 Å². The van der Waals surface area contributed by atoms with E-state index in [4.69, 9.17) is 4.74 Å². The van der Waals surface area contributed by atoms with Gasteiger partial charge in [-0.25, -0.2) is 13.6 Å². The lowest BCUT2D eigenvalue weighted by Crippen LogP contribution is -2.30. The smallest absolute Gasteiger partial charge is 0.341 e. The number of ether oxygens (including phenoxy) is 1. The van der Waals surface area contributed by atoms with Crippen molar-refractivity contribution in [1.29, 1.82) is 0 Å². The van der Waals surface area contributed by atoms with Crippen LogP contribution in [-0.2, 0) is 9.53 Å². The zero-order valence-corrected chi connectivity index (χ0v) is 12.9. The molecule has 0 radical (unpaired) electrons. The van der Waals surface area contributed by atoms with Gasteiger partial charge in [0.05, 0.1) is 10.5 Å². The van der Waals surface area contributed by atoms with Crippen molar-refractivity contribution in [3.05, 3.63) is 69.8 Å². The largest absolute Gasteiger partial charge is 0.449 e. The molecule has 0 aliphatic carbocycles. The fourth-order valence-corrected chi connectivity index (χ4v) is 1.87. The van der Waals surface area contributed by atoms with Crippen molar-refractivity contribution in [3.63, 3.8) is 0 Å². The average Bonchev–Trinajstić information content (AvgIpc) is 2.54. The van der Waals surface area contributed by atoms with E-state index in [1.54, 1.807) is 0 Å². The van der Waals surface area contributed by atoms with E-state index in [1.165, 1.54) is 25.1 Å². The number of nitrogens with zero attached hydrogens (tertiary/aromatic N) is 1. The van der Waals surface area contributed by atoms with Gasteiger partial charge in [0.25, 0.3) is 11.6 Å². The van der Waals surface area contributed by atoms with Crippen LogP contribution in [-0.4, -0.2) is 22.9 Å². The van der Waals surface area contributed by atoms with Crippen molar-refractivity contribution in [2.24, 2.45) is 0 Å². The van der Waals surface area contributed by atoms with Gasteiger partial charge in [-0.05, 0) is 25.1 Å². The molecule has 0 heterocycles. The van der Waals surface area contributed by atoms with E-state index in [2.05, 4.69) is 5.32 Å². The van der Waals surface area contributed by atoms with Gasteiger partial charge in [0.1, 0.15) is 11.6 Å². The van der Waals surface area contributed by atoms with Gasteiger partial charge in [0, 0.05) is 23.9 Å². The molecule has 0 aliphatic rings. The maximum absolute atomic E-state index is 13.5. The van der Waals surface area contributed by atoms with E-state index in [0.29, 0.717) is 6.07 Å². The topological polar surface area (TPSA) is 98.5 Å². The average molecular weight is 350 g/mol. The van der Waals surface area contributed by atoms with Crippen molar-refractivity contribution in [1.82, 2.24) is 0 Å². The van der Waals surface area contributed by atoms with Gasteiger partial charge in [0.2, 0.25) is 0 Å². The first-order valence-corrected chi connectivity index (χ1v) is 6.99. The Kier molecular flexibility index (Phi) is 5.38. The Morgan fingerprint density at radius 3 is 2.56 bits per heavy atom. The maximum Gasteiger partial charge on any atom is 0.341 e. The molecule has 0 aromatic heterocycles.